The smallest absolute Gasteiger partial charge is 0.146 e. The van der Waals surface area contributed by atoms with E-state index in [0.29, 0.717) is 5.78 Å². The van der Waals surface area contributed by atoms with Crippen LogP contribution >= 0.6 is 0 Å². The zero-order valence-corrected chi connectivity index (χ0v) is 9.44. The molecule has 0 spiro atoms. The van der Waals surface area contributed by atoms with Gasteiger partial charge in [0, 0.05) is 24.3 Å². The average Bonchev–Trinajstić information content (AvgIpc) is 2.49. The minimum Gasteiger partial charge on any atom is -0.298 e. The molecule has 0 aromatic rings. The lowest BCUT2D eigenvalue weighted by Crippen LogP contribution is -2.30. The fraction of sp³-hybridized carbons (Fsp3) is 0.429. The Morgan fingerprint density at radius 2 is 2.31 bits per heavy atom. The van der Waals surface area contributed by atoms with Crippen LogP contribution in [0.2, 0.25) is 0 Å². The normalized spacial score (nSPS) is 32.3. The molecule has 0 saturated carbocycles. The quantitative estimate of drug-likeness (QED) is 0.608. The summed E-state index contributed by atoms with van der Waals surface area (Å²) in [5.41, 5.74) is 3.75. The van der Waals surface area contributed by atoms with Crippen LogP contribution in [0.15, 0.2) is 40.1 Å². The van der Waals surface area contributed by atoms with Crippen LogP contribution in [0, 0.1) is 11.8 Å². The van der Waals surface area contributed by atoms with Gasteiger partial charge in [0.2, 0.25) is 0 Å². The molecular formula is C14H15NO. The summed E-state index contributed by atoms with van der Waals surface area (Å²) in [7, 11) is 0. The Labute approximate surface area is 95.5 Å². The molecule has 0 aromatic carbocycles. The molecule has 0 saturated heterocycles. The van der Waals surface area contributed by atoms with Gasteiger partial charge in [0.15, 0.2) is 0 Å². The van der Waals surface area contributed by atoms with Crippen molar-refractivity contribution in [2.45, 2.75) is 26.2 Å². The Morgan fingerprint density at radius 3 is 3.19 bits per heavy atom. The van der Waals surface area contributed by atoms with E-state index in [1.807, 2.05) is 19.3 Å². The summed E-state index contributed by atoms with van der Waals surface area (Å²) in [5.74, 6) is 0.570. The van der Waals surface area contributed by atoms with Gasteiger partial charge in [-0.1, -0.05) is 13.0 Å². The molecule has 2 nitrogen and oxygen atoms in total. The number of ketones is 1. The summed E-state index contributed by atoms with van der Waals surface area (Å²) < 4.78 is 0. The first-order valence-electron chi connectivity index (χ1n) is 5.96. The number of hydrogen-bond donors (Lipinski definition) is 0. The van der Waals surface area contributed by atoms with Crippen molar-refractivity contribution < 1.29 is 4.79 Å². The first-order valence-corrected chi connectivity index (χ1v) is 5.96. The van der Waals surface area contributed by atoms with Crippen molar-refractivity contribution in [3.05, 3.63) is 35.1 Å². The van der Waals surface area contributed by atoms with Crippen molar-refractivity contribution >= 4 is 12.0 Å². The molecule has 2 heteroatoms. The summed E-state index contributed by atoms with van der Waals surface area (Å²) in [6.45, 7) is 1.99. The lowest BCUT2D eigenvalue weighted by molar-refractivity contribution is -0.124. The maximum Gasteiger partial charge on any atom is 0.146 e. The van der Waals surface area contributed by atoms with Gasteiger partial charge in [0.05, 0.1) is 0 Å². The number of nitrogens with zero attached hydrogens (tertiary/aromatic N) is 1. The molecule has 0 aromatic heterocycles. The highest BCUT2D eigenvalue weighted by Crippen LogP contribution is 2.41. The van der Waals surface area contributed by atoms with E-state index in [0.717, 1.165) is 19.3 Å². The fourth-order valence-electron chi connectivity index (χ4n) is 2.97. The number of Topliss-reactive ketones (excluding diaryl/α,β-unsaturated/α-hetero) is 1. The molecule has 0 amide bonds. The van der Waals surface area contributed by atoms with Crippen LogP contribution in [0.4, 0.5) is 0 Å². The minimum absolute atomic E-state index is 0.0487. The number of hydrogen-bond acceptors (Lipinski definition) is 2. The largest absolute Gasteiger partial charge is 0.298 e. The van der Waals surface area contributed by atoms with Gasteiger partial charge in [-0.15, -0.1) is 0 Å². The SMILES string of the molecule is CC1C=C2C=NC=CC3=C2C(CCC3)C1=O. The maximum absolute atomic E-state index is 12.2. The first kappa shape index (κ1) is 9.76. The van der Waals surface area contributed by atoms with Crippen molar-refractivity contribution in [1.29, 1.82) is 0 Å². The van der Waals surface area contributed by atoms with Gasteiger partial charge in [-0.05, 0) is 42.1 Å². The monoisotopic (exact) mass is 213 g/mol. The molecule has 0 N–H and O–H groups in total. The molecule has 2 unspecified atom stereocenters. The highest BCUT2D eigenvalue weighted by atomic mass is 16.1. The topological polar surface area (TPSA) is 29.4 Å². The van der Waals surface area contributed by atoms with Crippen LogP contribution in [-0.4, -0.2) is 12.0 Å². The lowest BCUT2D eigenvalue weighted by Gasteiger charge is -2.32. The van der Waals surface area contributed by atoms with E-state index in [4.69, 9.17) is 0 Å². The molecule has 82 valence electrons. The van der Waals surface area contributed by atoms with E-state index < -0.39 is 0 Å². The highest BCUT2D eigenvalue weighted by molar-refractivity contribution is 5.98. The van der Waals surface area contributed by atoms with Gasteiger partial charge in [-0.3, -0.25) is 9.79 Å². The van der Waals surface area contributed by atoms with E-state index in [1.165, 1.54) is 16.7 Å². The third kappa shape index (κ3) is 1.33. The third-order valence-corrected chi connectivity index (χ3v) is 3.74. The second-order valence-corrected chi connectivity index (χ2v) is 4.79. The maximum atomic E-state index is 12.2. The van der Waals surface area contributed by atoms with E-state index in [-0.39, 0.29) is 11.8 Å². The summed E-state index contributed by atoms with van der Waals surface area (Å²) in [5, 5.41) is 0. The van der Waals surface area contributed by atoms with Crippen molar-refractivity contribution in [3.63, 3.8) is 0 Å². The molecule has 3 rings (SSSR count). The van der Waals surface area contributed by atoms with Gasteiger partial charge in [-0.2, -0.15) is 0 Å². The molecule has 0 fully saturated rings. The Balaban J connectivity index is 2.21. The Morgan fingerprint density at radius 1 is 1.44 bits per heavy atom. The summed E-state index contributed by atoms with van der Waals surface area (Å²) in [4.78, 5) is 16.4. The van der Waals surface area contributed by atoms with Crippen molar-refractivity contribution in [1.82, 2.24) is 0 Å². The lowest BCUT2D eigenvalue weighted by atomic mass is 9.71. The zero-order valence-electron chi connectivity index (χ0n) is 9.44. The minimum atomic E-state index is 0.0487. The first-order chi connectivity index (χ1) is 7.77. The van der Waals surface area contributed by atoms with Gasteiger partial charge >= 0.3 is 0 Å². The zero-order chi connectivity index (χ0) is 11.1. The van der Waals surface area contributed by atoms with Crippen LogP contribution in [0.25, 0.3) is 0 Å². The van der Waals surface area contributed by atoms with Crippen LogP contribution in [0.5, 0.6) is 0 Å². The Bertz CT molecular complexity index is 465. The molecule has 2 atom stereocenters. The molecule has 16 heavy (non-hydrogen) atoms. The number of rotatable bonds is 0. The summed E-state index contributed by atoms with van der Waals surface area (Å²) in [6.07, 6.45) is 11.1. The molecule has 2 aliphatic carbocycles. The number of aliphatic imine (C=N–C) groups is 1. The van der Waals surface area contributed by atoms with E-state index in [9.17, 15) is 4.79 Å². The molecule has 1 aliphatic heterocycles. The number of allylic oxidation sites excluding steroid dienone is 5. The molecule has 0 radical (unpaired) electrons. The Hall–Kier alpha value is -1.44. The van der Waals surface area contributed by atoms with E-state index >= 15 is 0 Å². The molecule has 3 aliphatic rings. The fourth-order valence-corrected chi connectivity index (χ4v) is 2.97. The summed E-state index contributed by atoms with van der Waals surface area (Å²) >= 11 is 0. The van der Waals surface area contributed by atoms with E-state index in [1.54, 1.807) is 0 Å². The van der Waals surface area contributed by atoms with Gasteiger partial charge in [0.25, 0.3) is 0 Å². The Kier molecular flexibility index (Phi) is 2.16. The average molecular weight is 213 g/mol. The van der Waals surface area contributed by atoms with Crippen LogP contribution in [0.1, 0.15) is 26.2 Å². The van der Waals surface area contributed by atoms with Crippen molar-refractivity contribution in [2.24, 2.45) is 16.8 Å². The highest BCUT2D eigenvalue weighted by Gasteiger charge is 2.35. The second-order valence-electron chi connectivity index (χ2n) is 4.79. The van der Waals surface area contributed by atoms with Crippen LogP contribution < -0.4 is 0 Å². The standard InChI is InChI=1S/C14H15NO/c1-9-7-11-8-15-6-5-10-3-2-4-12(13(10)11)14(9)16/h5-9,12H,2-4H2,1H3. The molecule has 1 heterocycles. The number of carbonyl (C=O) groups excluding carboxylic acids is 1. The van der Waals surface area contributed by atoms with Gasteiger partial charge in [0.1, 0.15) is 5.78 Å². The van der Waals surface area contributed by atoms with Crippen LogP contribution in [-0.2, 0) is 4.79 Å². The third-order valence-electron chi connectivity index (χ3n) is 3.74. The second kappa shape index (κ2) is 3.55. The molecule has 0 bridgehead atoms. The van der Waals surface area contributed by atoms with Gasteiger partial charge in [-0.25, -0.2) is 0 Å². The summed E-state index contributed by atoms with van der Waals surface area (Å²) in [6, 6.07) is 0. The van der Waals surface area contributed by atoms with Crippen molar-refractivity contribution in [3.8, 4) is 0 Å². The predicted molar refractivity (Wildman–Crippen MR) is 64.3 cm³/mol. The van der Waals surface area contributed by atoms with E-state index in [2.05, 4.69) is 17.1 Å². The molecular weight excluding hydrogens is 198 g/mol. The van der Waals surface area contributed by atoms with Crippen molar-refractivity contribution in [2.75, 3.05) is 0 Å². The van der Waals surface area contributed by atoms with Crippen LogP contribution in [0.3, 0.4) is 0 Å². The number of carbonyl (C=O) groups is 1. The van der Waals surface area contributed by atoms with Gasteiger partial charge < -0.3 is 0 Å². The predicted octanol–water partition coefficient (Wildman–Crippen LogP) is 2.83.